The van der Waals surface area contributed by atoms with Gasteiger partial charge in [-0.3, -0.25) is 4.68 Å². The molecule has 124 valence electrons. The van der Waals surface area contributed by atoms with Crippen LogP contribution in [0.5, 0.6) is 0 Å². The van der Waals surface area contributed by atoms with Gasteiger partial charge in [-0.15, -0.1) is 0 Å². The highest BCUT2D eigenvalue weighted by atomic mass is 16.5. The van der Waals surface area contributed by atoms with E-state index in [9.17, 15) is 4.79 Å². The largest absolute Gasteiger partial charge is 0.462 e. The number of nitrogens with zero attached hydrogens (tertiary/aromatic N) is 2. The third kappa shape index (κ3) is 3.18. The Kier molecular flexibility index (Phi) is 4.94. The quantitative estimate of drug-likeness (QED) is 0.779. The molecular weight excluding hydrogens is 300 g/mol. The first-order chi connectivity index (χ1) is 11.7. The molecule has 4 heteroatoms. The van der Waals surface area contributed by atoms with Gasteiger partial charge < -0.3 is 4.74 Å². The Labute approximate surface area is 142 Å². The molecule has 2 heterocycles. The number of ether oxygens (including phenoxy) is 1. The summed E-state index contributed by atoms with van der Waals surface area (Å²) in [6.07, 6.45) is 5.64. The minimum atomic E-state index is -0.240. The molecule has 3 rings (SSSR count). The van der Waals surface area contributed by atoms with Crippen LogP contribution in [0, 0.1) is 0 Å². The fourth-order valence-electron chi connectivity index (χ4n) is 3.11. The van der Waals surface area contributed by atoms with Crippen LogP contribution in [-0.4, -0.2) is 22.4 Å². The molecule has 24 heavy (non-hydrogen) atoms. The van der Waals surface area contributed by atoms with E-state index in [4.69, 9.17) is 4.74 Å². The van der Waals surface area contributed by atoms with Crippen LogP contribution in [0.15, 0.2) is 53.7 Å². The summed E-state index contributed by atoms with van der Waals surface area (Å²) in [5, 5.41) is 4.41. The first kappa shape index (κ1) is 16.2. The van der Waals surface area contributed by atoms with Crippen LogP contribution in [0.3, 0.4) is 0 Å². The molecule has 1 aromatic heterocycles. The molecule has 0 fully saturated rings. The average Bonchev–Trinajstić information content (AvgIpc) is 3.04. The second-order valence-corrected chi connectivity index (χ2v) is 5.78. The van der Waals surface area contributed by atoms with E-state index in [1.54, 1.807) is 6.20 Å². The van der Waals surface area contributed by atoms with Gasteiger partial charge in [-0.1, -0.05) is 43.7 Å². The van der Waals surface area contributed by atoms with E-state index >= 15 is 0 Å². The predicted molar refractivity (Wildman–Crippen MR) is 95.1 cm³/mol. The van der Waals surface area contributed by atoms with Crippen molar-refractivity contribution >= 4 is 17.6 Å². The molecule has 0 bridgehead atoms. The summed E-state index contributed by atoms with van der Waals surface area (Å²) in [6, 6.07) is 12.0. The monoisotopic (exact) mass is 322 g/mol. The van der Waals surface area contributed by atoms with Crippen molar-refractivity contribution < 1.29 is 9.53 Å². The van der Waals surface area contributed by atoms with Crippen LogP contribution in [0.4, 0.5) is 0 Å². The smallest absolute Gasteiger partial charge is 0.338 e. The average molecular weight is 322 g/mol. The lowest BCUT2D eigenvalue weighted by Gasteiger charge is -2.23. The van der Waals surface area contributed by atoms with Crippen LogP contribution < -0.4 is 0 Å². The molecule has 0 atom stereocenters. The van der Waals surface area contributed by atoms with Crippen LogP contribution in [-0.2, 0) is 16.1 Å². The third-order valence-electron chi connectivity index (χ3n) is 4.09. The van der Waals surface area contributed by atoms with Gasteiger partial charge in [0.05, 0.1) is 24.4 Å². The minimum absolute atomic E-state index is 0.240. The number of fused-ring (bicyclic) bond motifs is 1. The summed E-state index contributed by atoms with van der Waals surface area (Å²) in [7, 11) is 0. The number of hydrogen-bond donors (Lipinski definition) is 0. The lowest BCUT2D eigenvalue weighted by atomic mass is 9.90. The van der Waals surface area contributed by atoms with Gasteiger partial charge in [0.25, 0.3) is 0 Å². The van der Waals surface area contributed by atoms with Gasteiger partial charge in [0.1, 0.15) is 0 Å². The van der Waals surface area contributed by atoms with Crippen molar-refractivity contribution in [1.82, 2.24) is 9.78 Å². The fraction of sp³-hybridized carbons (Fsp3) is 0.300. The Balaban J connectivity index is 2.15. The Bertz CT molecular complexity index is 785. The Morgan fingerprint density at radius 3 is 2.75 bits per heavy atom. The van der Waals surface area contributed by atoms with Gasteiger partial charge in [0.15, 0.2) is 0 Å². The topological polar surface area (TPSA) is 44.1 Å². The summed E-state index contributed by atoms with van der Waals surface area (Å²) >= 11 is 0. The minimum Gasteiger partial charge on any atom is -0.462 e. The number of allylic oxidation sites excluding steroid dienone is 1. The summed E-state index contributed by atoms with van der Waals surface area (Å²) in [5.74, 6) is -0.240. The molecule has 0 spiro atoms. The molecule has 1 aliphatic heterocycles. The van der Waals surface area contributed by atoms with E-state index in [1.807, 2.05) is 48.0 Å². The van der Waals surface area contributed by atoms with Gasteiger partial charge in [-0.05, 0) is 42.2 Å². The number of rotatable bonds is 5. The van der Waals surface area contributed by atoms with Crippen molar-refractivity contribution in [1.29, 1.82) is 0 Å². The summed E-state index contributed by atoms with van der Waals surface area (Å²) in [6.45, 7) is 4.91. The summed E-state index contributed by atoms with van der Waals surface area (Å²) in [5.41, 5.74) is 4.78. The maximum absolute atomic E-state index is 12.7. The number of esters is 1. The Morgan fingerprint density at radius 2 is 2.04 bits per heavy atom. The first-order valence-electron chi connectivity index (χ1n) is 8.43. The molecule has 0 saturated carbocycles. The second-order valence-electron chi connectivity index (χ2n) is 5.78. The molecular formula is C20H22N2O2. The first-order valence-corrected chi connectivity index (χ1v) is 8.43. The van der Waals surface area contributed by atoms with Crippen molar-refractivity contribution in [2.24, 2.45) is 0 Å². The Hall–Kier alpha value is -2.62. The van der Waals surface area contributed by atoms with Gasteiger partial charge >= 0.3 is 5.97 Å². The van der Waals surface area contributed by atoms with Crippen molar-refractivity contribution in [3.8, 4) is 0 Å². The van der Waals surface area contributed by atoms with E-state index in [0.29, 0.717) is 18.7 Å². The van der Waals surface area contributed by atoms with E-state index in [-0.39, 0.29) is 5.97 Å². The zero-order valence-corrected chi connectivity index (χ0v) is 14.2. The van der Waals surface area contributed by atoms with Crippen LogP contribution in [0.2, 0.25) is 0 Å². The van der Waals surface area contributed by atoms with E-state index in [1.165, 1.54) is 0 Å². The maximum Gasteiger partial charge on any atom is 0.338 e. The molecule has 0 unspecified atom stereocenters. The molecule has 1 aliphatic rings. The second kappa shape index (κ2) is 7.30. The molecule has 2 aromatic rings. The highest BCUT2D eigenvalue weighted by Crippen LogP contribution is 2.35. The van der Waals surface area contributed by atoms with E-state index in [2.05, 4.69) is 18.1 Å². The van der Waals surface area contributed by atoms with Crippen LogP contribution in [0.1, 0.15) is 37.9 Å². The van der Waals surface area contributed by atoms with Crippen molar-refractivity contribution in [2.75, 3.05) is 6.61 Å². The van der Waals surface area contributed by atoms with Crippen molar-refractivity contribution in [2.45, 2.75) is 33.2 Å². The standard InChI is InChI=1S/C20H22N2O2/c1-3-8-17-18-11-12-21-22(18)14-16(19(17)20(23)24-4-2)13-15-9-6-5-7-10-15/h5-7,9-13H,3-4,8,14H2,1-2H3/b16-13-. The van der Waals surface area contributed by atoms with Crippen LogP contribution in [0.25, 0.3) is 11.6 Å². The van der Waals surface area contributed by atoms with Gasteiger partial charge in [-0.25, -0.2) is 4.79 Å². The lowest BCUT2D eigenvalue weighted by molar-refractivity contribution is -0.138. The maximum atomic E-state index is 12.7. The molecule has 4 nitrogen and oxygen atoms in total. The number of carbonyl (C=O) groups is 1. The van der Waals surface area contributed by atoms with Crippen molar-refractivity contribution in [3.05, 3.63) is 65.0 Å². The summed E-state index contributed by atoms with van der Waals surface area (Å²) in [4.78, 5) is 12.7. The highest BCUT2D eigenvalue weighted by molar-refractivity contribution is 6.03. The molecule has 0 aliphatic carbocycles. The predicted octanol–water partition coefficient (Wildman–Crippen LogP) is 4.10. The molecule has 0 radical (unpaired) electrons. The Morgan fingerprint density at radius 1 is 1.25 bits per heavy atom. The third-order valence-corrected chi connectivity index (χ3v) is 4.09. The zero-order valence-electron chi connectivity index (χ0n) is 14.2. The van der Waals surface area contributed by atoms with Gasteiger partial charge in [0.2, 0.25) is 0 Å². The molecule has 0 saturated heterocycles. The van der Waals surface area contributed by atoms with Crippen molar-refractivity contribution in [3.63, 3.8) is 0 Å². The van der Waals surface area contributed by atoms with E-state index in [0.717, 1.165) is 35.2 Å². The fourth-order valence-corrected chi connectivity index (χ4v) is 3.11. The number of benzene rings is 1. The van der Waals surface area contributed by atoms with Crippen LogP contribution >= 0.6 is 0 Å². The highest BCUT2D eigenvalue weighted by Gasteiger charge is 2.28. The van der Waals surface area contributed by atoms with Gasteiger partial charge in [-0.2, -0.15) is 5.10 Å². The number of hydrogen-bond acceptors (Lipinski definition) is 3. The molecule has 0 N–H and O–H groups in total. The normalized spacial score (nSPS) is 15.5. The van der Waals surface area contributed by atoms with Gasteiger partial charge in [0, 0.05) is 6.20 Å². The zero-order chi connectivity index (χ0) is 16.9. The summed E-state index contributed by atoms with van der Waals surface area (Å²) < 4.78 is 7.31. The number of carbonyl (C=O) groups excluding carboxylic acids is 1. The molecule has 1 aromatic carbocycles. The lowest BCUT2D eigenvalue weighted by Crippen LogP contribution is -2.21. The van der Waals surface area contributed by atoms with E-state index < -0.39 is 0 Å². The molecule has 0 amide bonds. The SMILES string of the molecule is CCCC1=C(C(=O)OCC)/C(=C\c2ccccc2)Cn2nccc21. The number of aromatic nitrogens is 2.